The monoisotopic (exact) mass is 207 g/mol. The van der Waals surface area contributed by atoms with Crippen molar-refractivity contribution < 1.29 is 4.39 Å². The summed E-state index contributed by atoms with van der Waals surface area (Å²) in [6.07, 6.45) is 4.07. The number of nitrogens with one attached hydrogen (secondary N) is 1. The summed E-state index contributed by atoms with van der Waals surface area (Å²) in [4.78, 5) is 0. The molecule has 1 aromatic rings. The van der Waals surface area contributed by atoms with Crippen molar-refractivity contribution in [3.63, 3.8) is 0 Å². The molecule has 0 heterocycles. The van der Waals surface area contributed by atoms with Gasteiger partial charge in [-0.3, -0.25) is 0 Å². The third kappa shape index (κ3) is 3.48. The molecular weight excluding hydrogens is 189 g/mol. The van der Waals surface area contributed by atoms with Gasteiger partial charge in [0, 0.05) is 13.1 Å². The van der Waals surface area contributed by atoms with E-state index in [0.717, 1.165) is 29.8 Å². The van der Waals surface area contributed by atoms with Crippen molar-refractivity contribution in [3.05, 3.63) is 46.8 Å². The maximum atomic E-state index is 13.3. The lowest BCUT2D eigenvalue weighted by atomic mass is 10.1. The molecule has 15 heavy (non-hydrogen) atoms. The lowest BCUT2D eigenvalue weighted by Crippen LogP contribution is -2.13. The van der Waals surface area contributed by atoms with Crippen molar-refractivity contribution in [2.24, 2.45) is 0 Å². The van der Waals surface area contributed by atoms with Crippen molar-refractivity contribution >= 4 is 0 Å². The van der Waals surface area contributed by atoms with E-state index in [0.29, 0.717) is 0 Å². The van der Waals surface area contributed by atoms with E-state index in [9.17, 15) is 4.39 Å². The first-order chi connectivity index (χ1) is 7.15. The van der Waals surface area contributed by atoms with Crippen LogP contribution in [-0.4, -0.2) is 6.54 Å². The van der Waals surface area contributed by atoms with Gasteiger partial charge in [0.05, 0.1) is 0 Å². The van der Waals surface area contributed by atoms with Gasteiger partial charge in [-0.1, -0.05) is 24.3 Å². The Kier molecular flexibility index (Phi) is 4.50. The van der Waals surface area contributed by atoms with E-state index in [2.05, 4.69) is 11.4 Å². The zero-order valence-corrected chi connectivity index (χ0v) is 9.60. The number of benzene rings is 1. The molecule has 0 amide bonds. The average Bonchev–Trinajstić information content (AvgIpc) is 2.21. The summed E-state index contributed by atoms with van der Waals surface area (Å²) in [5, 5.41) is 3.27. The highest BCUT2D eigenvalue weighted by Crippen LogP contribution is 2.14. The predicted octanol–water partition coefficient (Wildman–Crippen LogP) is 3.11. The van der Waals surface area contributed by atoms with E-state index in [1.165, 1.54) is 0 Å². The number of rotatable bonds is 4. The summed E-state index contributed by atoms with van der Waals surface area (Å²) in [5.41, 5.74) is 2.58. The van der Waals surface area contributed by atoms with Gasteiger partial charge < -0.3 is 5.32 Å². The molecule has 1 N–H and O–H groups in total. The minimum Gasteiger partial charge on any atom is -0.309 e. The number of hydrogen-bond acceptors (Lipinski definition) is 1. The van der Waals surface area contributed by atoms with E-state index in [-0.39, 0.29) is 5.82 Å². The third-order valence-corrected chi connectivity index (χ3v) is 2.32. The van der Waals surface area contributed by atoms with E-state index in [4.69, 9.17) is 0 Å². The van der Waals surface area contributed by atoms with E-state index in [1.807, 2.05) is 25.1 Å². The van der Waals surface area contributed by atoms with Gasteiger partial charge in [-0.2, -0.15) is 0 Å². The van der Waals surface area contributed by atoms with Gasteiger partial charge in [0.15, 0.2) is 0 Å². The van der Waals surface area contributed by atoms with Crippen molar-refractivity contribution in [1.82, 2.24) is 5.32 Å². The highest BCUT2D eigenvalue weighted by atomic mass is 19.1. The fourth-order valence-corrected chi connectivity index (χ4v) is 1.56. The first kappa shape index (κ1) is 11.9. The van der Waals surface area contributed by atoms with Crippen LogP contribution in [0.25, 0.3) is 0 Å². The highest BCUT2D eigenvalue weighted by molar-refractivity contribution is 5.30. The Balaban J connectivity index is 2.62. The Morgan fingerprint density at radius 3 is 2.40 bits per heavy atom. The topological polar surface area (TPSA) is 12.0 Å². The van der Waals surface area contributed by atoms with Crippen molar-refractivity contribution in [3.8, 4) is 0 Å². The second-order valence-corrected chi connectivity index (χ2v) is 3.74. The van der Waals surface area contributed by atoms with Crippen LogP contribution in [0.15, 0.2) is 24.3 Å². The molecule has 0 unspecified atom stereocenters. The van der Waals surface area contributed by atoms with Crippen LogP contribution in [0.5, 0.6) is 0 Å². The Labute approximate surface area is 91.0 Å². The van der Waals surface area contributed by atoms with Gasteiger partial charge in [-0.05, 0) is 37.5 Å². The quantitative estimate of drug-likeness (QED) is 0.591. The van der Waals surface area contributed by atoms with Gasteiger partial charge in [0.2, 0.25) is 0 Å². The second kappa shape index (κ2) is 5.66. The summed E-state index contributed by atoms with van der Waals surface area (Å²) in [7, 11) is 0. The molecule has 0 aliphatic rings. The largest absolute Gasteiger partial charge is 0.309 e. The lowest BCUT2D eigenvalue weighted by Gasteiger charge is -2.07. The molecule has 1 aromatic carbocycles. The van der Waals surface area contributed by atoms with E-state index >= 15 is 0 Å². The van der Waals surface area contributed by atoms with Crippen LogP contribution in [-0.2, 0) is 6.54 Å². The Morgan fingerprint density at radius 1 is 1.27 bits per heavy atom. The molecule has 0 fully saturated rings. The minimum absolute atomic E-state index is 0.0906. The zero-order valence-electron chi connectivity index (χ0n) is 9.60. The molecule has 0 spiro atoms. The van der Waals surface area contributed by atoms with Crippen LogP contribution in [0.3, 0.4) is 0 Å². The number of halogens is 1. The molecule has 0 aromatic heterocycles. The molecule has 0 saturated carbocycles. The van der Waals surface area contributed by atoms with Crippen LogP contribution in [0.1, 0.15) is 23.6 Å². The predicted molar refractivity (Wildman–Crippen MR) is 62.4 cm³/mol. The SMILES string of the molecule is C/C=C/CNCc1cc(C)c(F)c(C)c1. The first-order valence-corrected chi connectivity index (χ1v) is 5.22. The molecule has 0 saturated heterocycles. The summed E-state index contributed by atoms with van der Waals surface area (Å²) < 4.78 is 13.3. The molecule has 0 aliphatic carbocycles. The molecule has 0 atom stereocenters. The molecule has 1 nitrogen and oxygen atoms in total. The smallest absolute Gasteiger partial charge is 0.129 e. The Morgan fingerprint density at radius 2 is 1.87 bits per heavy atom. The molecule has 1 rings (SSSR count). The molecule has 2 heteroatoms. The van der Waals surface area contributed by atoms with Gasteiger partial charge in [0.1, 0.15) is 5.82 Å². The van der Waals surface area contributed by atoms with Crippen molar-refractivity contribution in [1.29, 1.82) is 0 Å². The highest BCUT2D eigenvalue weighted by Gasteiger charge is 2.03. The maximum absolute atomic E-state index is 13.3. The summed E-state index contributed by atoms with van der Waals surface area (Å²) >= 11 is 0. The maximum Gasteiger partial charge on any atom is 0.129 e. The molecule has 0 bridgehead atoms. The third-order valence-electron chi connectivity index (χ3n) is 2.32. The number of aryl methyl sites for hydroxylation is 2. The fraction of sp³-hybridized carbons (Fsp3) is 0.385. The first-order valence-electron chi connectivity index (χ1n) is 5.22. The lowest BCUT2D eigenvalue weighted by molar-refractivity contribution is 0.607. The number of allylic oxidation sites excluding steroid dienone is 1. The van der Waals surface area contributed by atoms with E-state index < -0.39 is 0 Å². The van der Waals surface area contributed by atoms with Crippen LogP contribution >= 0.6 is 0 Å². The Bertz CT molecular complexity index is 333. The second-order valence-electron chi connectivity index (χ2n) is 3.74. The van der Waals surface area contributed by atoms with Crippen LogP contribution in [0.4, 0.5) is 4.39 Å². The Hall–Kier alpha value is -1.15. The van der Waals surface area contributed by atoms with Gasteiger partial charge >= 0.3 is 0 Å². The van der Waals surface area contributed by atoms with Crippen LogP contribution in [0, 0.1) is 19.7 Å². The molecule has 82 valence electrons. The van der Waals surface area contributed by atoms with Crippen molar-refractivity contribution in [2.75, 3.05) is 6.54 Å². The zero-order chi connectivity index (χ0) is 11.3. The summed E-state index contributed by atoms with van der Waals surface area (Å²) in [6, 6.07) is 3.79. The minimum atomic E-state index is -0.0906. The normalized spacial score (nSPS) is 11.2. The van der Waals surface area contributed by atoms with E-state index in [1.54, 1.807) is 13.8 Å². The molecular formula is C13H18FN. The van der Waals surface area contributed by atoms with Gasteiger partial charge in [-0.25, -0.2) is 4.39 Å². The molecule has 0 radical (unpaired) electrons. The van der Waals surface area contributed by atoms with Gasteiger partial charge in [-0.15, -0.1) is 0 Å². The summed E-state index contributed by atoms with van der Waals surface area (Å²) in [5.74, 6) is -0.0906. The fourth-order valence-electron chi connectivity index (χ4n) is 1.56. The number of hydrogen-bond donors (Lipinski definition) is 1. The molecule has 0 aliphatic heterocycles. The van der Waals surface area contributed by atoms with Crippen LogP contribution in [0.2, 0.25) is 0 Å². The van der Waals surface area contributed by atoms with Crippen LogP contribution < -0.4 is 5.32 Å². The standard InChI is InChI=1S/C13H18FN/c1-4-5-6-15-9-12-7-10(2)13(14)11(3)8-12/h4-5,7-8,15H,6,9H2,1-3H3/b5-4+. The average molecular weight is 207 g/mol. The van der Waals surface area contributed by atoms with Gasteiger partial charge in [0.25, 0.3) is 0 Å². The summed E-state index contributed by atoms with van der Waals surface area (Å²) in [6.45, 7) is 7.24. The van der Waals surface area contributed by atoms with Crippen molar-refractivity contribution in [2.45, 2.75) is 27.3 Å².